The highest BCUT2D eigenvalue weighted by molar-refractivity contribution is 5.88. The van der Waals surface area contributed by atoms with Crippen molar-refractivity contribution in [2.45, 2.75) is 38.8 Å². The molecule has 4 rings (SSSR count). The summed E-state index contributed by atoms with van der Waals surface area (Å²) in [4.78, 5) is 19.4. The van der Waals surface area contributed by atoms with Gasteiger partial charge in [-0.05, 0) is 57.3 Å². The number of benzene rings is 1. The van der Waals surface area contributed by atoms with Crippen molar-refractivity contribution >= 4 is 16.6 Å². The minimum Gasteiger partial charge on any atom is -0.300 e. The minimum absolute atomic E-state index is 0.0346. The molecule has 1 saturated heterocycles. The molecule has 0 amide bonds. The van der Waals surface area contributed by atoms with Crippen LogP contribution in [0.2, 0.25) is 0 Å². The fourth-order valence-corrected chi connectivity index (χ4v) is 4.19. The molecule has 0 aliphatic carbocycles. The summed E-state index contributed by atoms with van der Waals surface area (Å²) in [5.41, 5.74) is 1.39. The number of nitrogens with zero attached hydrogens (tertiary/aromatic N) is 5. The second kappa shape index (κ2) is 8.22. The number of alkyl halides is 1. The number of aryl methyl sites for hydroxylation is 1. The Labute approximate surface area is 176 Å². The average Bonchev–Trinajstić information content (AvgIpc) is 3.13. The number of pyridine rings is 1. The lowest BCUT2D eigenvalue weighted by Crippen LogP contribution is -2.42. The number of carbonyl (C=O) groups excluding carboxylic acids is 1. The van der Waals surface area contributed by atoms with E-state index < -0.39 is 5.67 Å². The number of halogens is 1. The van der Waals surface area contributed by atoms with Crippen LogP contribution in [0.5, 0.6) is 0 Å². The number of likely N-dealkylation sites (tertiary alicyclic amines) is 1. The van der Waals surface area contributed by atoms with Gasteiger partial charge < -0.3 is 4.90 Å². The van der Waals surface area contributed by atoms with Crippen LogP contribution in [0.15, 0.2) is 36.7 Å². The average molecular weight is 410 g/mol. The van der Waals surface area contributed by atoms with Crippen LogP contribution < -0.4 is 0 Å². The summed E-state index contributed by atoms with van der Waals surface area (Å²) < 4.78 is 15.5. The van der Waals surface area contributed by atoms with Crippen molar-refractivity contribution < 1.29 is 9.18 Å². The molecule has 0 bridgehead atoms. The van der Waals surface area contributed by atoms with Gasteiger partial charge >= 0.3 is 0 Å². The van der Waals surface area contributed by atoms with E-state index in [0.29, 0.717) is 13.0 Å². The molecule has 0 saturated carbocycles. The Morgan fingerprint density at radius 1 is 1.20 bits per heavy atom. The van der Waals surface area contributed by atoms with Gasteiger partial charge in [-0.1, -0.05) is 17.3 Å². The topological polar surface area (TPSA) is 63.9 Å². The van der Waals surface area contributed by atoms with Crippen molar-refractivity contribution in [3.05, 3.63) is 42.4 Å². The first kappa shape index (κ1) is 20.6. The number of fused-ring (bicyclic) bond motifs is 1. The maximum absolute atomic E-state index is 13.9. The molecule has 2 aromatic heterocycles. The normalized spacial score (nSPS) is 16.3. The van der Waals surface area contributed by atoms with Gasteiger partial charge in [0.2, 0.25) is 0 Å². The number of piperidine rings is 1. The molecule has 158 valence electrons. The number of hydrogen-bond acceptors (Lipinski definition) is 5. The molecule has 3 aromatic rings. The van der Waals surface area contributed by atoms with Crippen molar-refractivity contribution in [1.82, 2.24) is 24.9 Å². The van der Waals surface area contributed by atoms with Gasteiger partial charge in [-0.25, -0.2) is 4.39 Å². The summed E-state index contributed by atoms with van der Waals surface area (Å²) in [7, 11) is 1.84. The maximum atomic E-state index is 13.9. The van der Waals surface area contributed by atoms with Crippen LogP contribution in [0.3, 0.4) is 0 Å². The predicted octanol–water partition coefficient (Wildman–Crippen LogP) is 3.60. The second-order valence-corrected chi connectivity index (χ2v) is 8.93. The lowest BCUT2D eigenvalue weighted by molar-refractivity contribution is -0.123. The van der Waals surface area contributed by atoms with Gasteiger partial charge in [0.25, 0.3) is 0 Å². The monoisotopic (exact) mass is 409 g/mol. The minimum atomic E-state index is -1.20. The van der Waals surface area contributed by atoms with Crippen LogP contribution in [0.1, 0.15) is 32.4 Å². The van der Waals surface area contributed by atoms with Crippen LogP contribution in [-0.4, -0.2) is 56.0 Å². The van der Waals surface area contributed by atoms with Crippen LogP contribution in [0, 0.1) is 5.92 Å². The van der Waals surface area contributed by atoms with Gasteiger partial charge in [0.1, 0.15) is 17.1 Å². The van der Waals surface area contributed by atoms with Crippen LogP contribution in [-0.2, 0) is 18.3 Å². The summed E-state index contributed by atoms with van der Waals surface area (Å²) in [5.74, 6) is 0.262. The van der Waals surface area contributed by atoms with Crippen LogP contribution in [0.4, 0.5) is 4.39 Å². The SMILES string of the molecule is Cn1cc(-c2ccc3cnc(CC(=O)C4CCN(CC(C)(C)F)CC4)cc3c2)nn1. The molecule has 0 unspecified atom stereocenters. The summed E-state index contributed by atoms with van der Waals surface area (Å²) >= 11 is 0. The lowest BCUT2D eigenvalue weighted by atomic mass is 9.89. The lowest BCUT2D eigenvalue weighted by Gasteiger charge is -2.33. The van der Waals surface area contributed by atoms with E-state index in [1.54, 1.807) is 18.5 Å². The quantitative estimate of drug-likeness (QED) is 0.622. The van der Waals surface area contributed by atoms with Crippen molar-refractivity contribution in [3.8, 4) is 11.3 Å². The summed E-state index contributed by atoms with van der Waals surface area (Å²) in [5, 5.41) is 10.2. The molecule has 0 spiro atoms. The third-order valence-electron chi connectivity index (χ3n) is 5.67. The van der Waals surface area contributed by atoms with Crippen molar-refractivity contribution in [1.29, 1.82) is 0 Å². The fraction of sp³-hybridized carbons (Fsp3) is 0.478. The molecule has 0 atom stereocenters. The molecule has 0 N–H and O–H groups in total. The molecule has 1 fully saturated rings. The molecule has 0 radical (unpaired) electrons. The Bertz CT molecular complexity index is 1050. The molecule has 1 aliphatic rings. The van der Waals surface area contributed by atoms with E-state index in [1.165, 1.54) is 0 Å². The Hall–Kier alpha value is -2.67. The molecule has 1 aliphatic heterocycles. The highest BCUT2D eigenvalue weighted by Gasteiger charge is 2.28. The summed E-state index contributed by atoms with van der Waals surface area (Å²) in [6.45, 7) is 5.18. The Kier molecular flexibility index (Phi) is 5.64. The zero-order chi connectivity index (χ0) is 21.3. The molecule has 6 nitrogen and oxygen atoms in total. The highest BCUT2D eigenvalue weighted by atomic mass is 19.1. The molecular weight excluding hydrogens is 381 g/mol. The van der Waals surface area contributed by atoms with Gasteiger partial charge in [-0.3, -0.25) is 14.5 Å². The first-order valence-corrected chi connectivity index (χ1v) is 10.5. The second-order valence-electron chi connectivity index (χ2n) is 8.93. The third-order valence-corrected chi connectivity index (χ3v) is 5.67. The van der Waals surface area contributed by atoms with Gasteiger partial charge in [0.15, 0.2) is 0 Å². The first-order chi connectivity index (χ1) is 14.3. The Balaban J connectivity index is 1.43. The number of hydrogen-bond donors (Lipinski definition) is 0. The van der Waals surface area contributed by atoms with E-state index in [0.717, 1.165) is 53.7 Å². The van der Waals surface area contributed by atoms with E-state index in [-0.39, 0.29) is 11.7 Å². The van der Waals surface area contributed by atoms with E-state index in [2.05, 4.69) is 26.3 Å². The molecule has 1 aromatic carbocycles. The van der Waals surface area contributed by atoms with Crippen molar-refractivity contribution in [2.24, 2.45) is 13.0 Å². The number of rotatable bonds is 6. The summed E-state index contributed by atoms with van der Waals surface area (Å²) in [6, 6.07) is 8.07. The maximum Gasteiger partial charge on any atom is 0.142 e. The van der Waals surface area contributed by atoms with Crippen LogP contribution in [0.25, 0.3) is 22.0 Å². The molecule has 30 heavy (non-hydrogen) atoms. The third kappa shape index (κ3) is 4.90. The number of ketones is 1. The number of Topliss-reactive ketones (excluding diaryl/α,β-unsaturated/α-hetero) is 1. The van der Waals surface area contributed by atoms with Crippen molar-refractivity contribution in [2.75, 3.05) is 19.6 Å². The van der Waals surface area contributed by atoms with Gasteiger partial charge in [0.05, 0.1) is 6.20 Å². The van der Waals surface area contributed by atoms with E-state index in [1.807, 2.05) is 37.6 Å². The highest BCUT2D eigenvalue weighted by Crippen LogP contribution is 2.25. The first-order valence-electron chi connectivity index (χ1n) is 10.5. The molecule has 3 heterocycles. The van der Waals surface area contributed by atoms with Crippen LogP contribution >= 0.6 is 0 Å². The van der Waals surface area contributed by atoms with Gasteiger partial charge in [-0.2, -0.15) is 0 Å². The largest absolute Gasteiger partial charge is 0.300 e. The fourth-order valence-electron chi connectivity index (χ4n) is 4.19. The standard InChI is InChI=1S/C23H28FN5O/c1-23(2,24)15-29-8-6-16(7-9-29)22(30)12-20-11-19-10-17(4-5-18(19)13-25-20)21-14-28(3)27-26-21/h4-5,10-11,13-14,16H,6-9,12,15H2,1-3H3. The number of aromatic nitrogens is 4. The van der Waals surface area contributed by atoms with E-state index >= 15 is 0 Å². The van der Waals surface area contributed by atoms with E-state index in [9.17, 15) is 9.18 Å². The van der Waals surface area contributed by atoms with Gasteiger partial charge in [-0.15, -0.1) is 5.10 Å². The van der Waals surface area contributed by atoms with Crippen molar-refractivity contribution in [3.63, 3.8) is 0 Å². The van der Waals surface area contributed by atoms with Gasteiger partial charge in [0, 0.05) is 48.8 Å². The zero-order valence-electron chi connectivity index (χ0n) is 17.8. The van der Waals surface area contributed by atoms with E-state index in [4.69, 9.17) is 0 Å². The molecule has 7 heteroatoms. The number of carbonyl (C=O) groups is 1. The predicted molar refractivity (Wildman–Crippen MR) is 115 cm³/mol. The Morgan fingerprint density at radius 2 is 1.97 bits per heavy atom. The summed E-state index contributed by atoms with van der Waals surface area (Å²) in [6.07, 6.45) is 5.62. The zero-order valence-corrected chi connectivity index (χ0v) is 17.8. The Morgan fingerprint density at radius 3 is 2.63 bits per heavy atom. The smallest absolute Gasteiger partial charge is 0.142 e. The molecular formula is C23H28FN5O.